The smallest absolute Gasteiger partial charge is 0.303 e. The average molecular weight is 527 g/mol. The number of aryl methyl sites for hydroxylation is 1. The predicted molar refractivity (Wildman–Crippen MR) is 145 cm³/mol. The molecule has 4 rings (SSSR count). The van der Waals surface area contributed by atoms with Crippen molar-refractivity contribution in [3.05, 3.63) is 88.7 Å². The maximum absolute atomic E-state index is 14.8. The summed E-state index contributed by atoms with van der Waals surface area (Å²) in [5.74, 6) is -2.53. The summed E-state index contributed by atoms with van der Waals surface area (Å²) in [7, 11) is 0. The van der Waals surface area contributed by atoms with E-state index in [-0.39, 0.29) is 41.7 Å². The normalized spacial score (nSPS) is 12.5. The molecule has 0 saturated heterocycles. The third-order valence-corrected chi connectivity index (χ3v) is 6.38. The van der Waals surface area contributed by atoms with Crippen molar-refractivity contribution in [3.8, 4) is 16.9 Å². The van der Waals surface area contributed by atoms with Crippen LogP contribution >= 0.6 is 0 Å². The summed E-state index contributed by atoms with van der Waals surface area (Å²) in [4.78, 5) is 10.8. The summed E-state index contributed by atoms with van der Waals surface area (Å²) in [5, 5.41) is 8.87. The second kappa shape index (κ2) is 13.5. The molecule has 0 aliphatic heterocycles. The van der Waals surface area contributed by atoms with Crippen LogP contribution in [-0.4, -0.2) is 11.1 Å². The quantitative estimate of drug-likeness (QED) is 0.271. The van der Waals surface area contributed by atoms with E-state index in [9.17, 15) is 18.0 Å². The Morgan fingerprint density at radius 1 is 0.947 bits per heavy atom. The lowest BCUT2D eigenvalue weighted by atomic mass is 9.79. The van der Waals surface area contributed by atoms with Gasteiger partial charge in [0.05, 0.1) is 0 Å². The van der Waals surface area contributed by atoms with Gasteiger partial charge in [-0.05, 0) is 71.2 Å². The number of benzene rings is 3. The first-order valence-corrected chi connectivity index (χ1v) is 13.3. The summed E-state index contributed by atoms with van der Waals surface area (Å²) in [6.07, 6.45) is 7.02. The van der Waals surface area contributed by atoms with Gasteiger partial charge in [0.25, 0.3) is 0 Å². The first-order valence-electron chi connectivity index (χ1n) is 13.3. The Balaban J connectivity index is 0.00000124. The Morgan fingerprint density at radius 2 is 1.68 bits per heavy atom. The van der Waals surface area contributed by atoms with E-state index in [2.05, 4.69) is 20.8 Å². The molecule has 0 unspecified atom stereocenters. The Bertz CT molecular complexity index is 1230. The van der Waals surface area contributed by atoms with Crippen LogP contribution in [0.5, 0.6) is 5.75 Å². The van der Waals surface area contributed by atoms with Crippen LogP contribution in [0.3, 0.4) is 0 Å². The molecule has 3 aromatic carbocycles. The van der Waals surface area contributed by atoms with Crippen molar-refractivity contribution in [2.45, 2.75) is 78.7 Å². The summed E-state index contributed by atoms with van der Waals surface area (Å²) in [5.41, 5.74) is 2.68. The zero-order valence-corrected chi connectivity index (χ0v) is 22.5. The summed E-state index contributed by atoms with van der Waals surface area (Å²) in [6, 6.07) is 13.5. The minimum Gasteiger partial charge on any atom is -0.486 e. The fourth-order valence-electron chi connectivity index (χ4n) is 4.39. The topological polar surface area (TPSA) is 46.5 Å². The van der Waals surface area contributed by atoms with Crippen LogP contribution in [0.1, 0.15) is 76.0 Å². The monoisotopic (exact) mass is 526 g/mol. The van der Waals surface area contributed by atoms with Crippen LogP contribution in [0.2, 0.25) is 0 Å². The van der Waals surface area contributed by atoms with Crippen LogP contribution in [0.25, 0.3) is 11.1 Å². The first-order chi connectivity index (χ1) is 18.1. The standard InChI is InChI=1S/C29H31F3O3.C3H6/c1-4-14-29(2,3)17-21-15-19(8-11-23(21)24-16-22(30)10-12-25(24)31)18-35-26-7-5-6-20(28(26)32)9-13-27(33)34;1-2-3-1/h5-8,10-12,15-16H,4,9,13-14,17-18H2,1-3H3,(H,33,34);1-3H2. The molecule has 38 heavy (non-hydrogen) atoms. The van der Waals surface area contributed by atoms with Crippen molar-refractivity contribution in [3.63, 3.8) is 0 Å². The molecule has 0 radical (unpaired) electrons. The number of rotatable bonds is 11. The minimum atomic E-state index is -0.996. The molecular weight excluding hydrogens is 489 g/mol. The zero-order chi connectivity index (χ0) is 27.7. The van der Waals surface area contributed by atoms with Crippen molar-refractivity contribution >= 4 is 5.97 Å². The van der Waals surface area contributed by atoms with Gasteiger partial charge >= 0.3 is 5.97 Å². The lowest BCUT2D eigenvalue weighted by Gasteiger charge is -2.26. The summed E-state index contributed by atoms with van der Waals surface area (Å²) in [6.45, 7) is 6.47. The predicted octanol–water partition coefficient (Wildman–Crippen LogP) is 8.91. The van der Waals surface area contributed by atoms with E-state index in [1.165, 1.54) is 31.4 Å². The fourth-order valence-corrected chi connectivity index (χ4v) is 4.39. The SMILES string of the molecule is C1CC1.CCCC(C)(C)Cc1cc(COc2cccc(CCC(=O)O)c2F)ccc1-c1cc(F)ccc1F. The number of hydrogen-bond donors (Lipinski definition) is 1. The Hall–Kier alpha value is -3.28. The molecule has 3 aromatic rings. The van der Waals surface area contributed by atoms with Crippen molar-refractivity contribution in [1.29, 1.82) is 0 Å². The minimum absolute atomic E-state index is 0.0426. The molecule has 0 spiro atoms. The van der Waals surface area contributed by atoms with Gasteiger partial charge in [-0.2, -0.15) is 0 Å². The number of aliphatic carboxylic acids is 1. The van der Waals surface area contributed by atoms with Gasteiger partial charge in [0.1, 0.15) is 18.2 Å². The fraction of sp³-hybridized carbons (Fsp3) is 0.406. The highest BCUT2D eigenvalue weighted by Gasteiger charge is 2.21. The van der Waals surface area contributed by atoms with Gasteiger partial charge in [-0.1, -0.05) is 76.8 Å². The van der Waals surface area contributed by atoms with Crippen LogP contribution in [0.15, 0.2) is 54.6 Å². The van der Waals surface area contributed by atoms with Gasteiger partial charge in [-0.15, -0.1) is 0 Å². The summed E-state index contributed by atoms with van der Waals surface area (Å²) < 4.78 is 49.1. The number of carboxylic acid groups (broad SMARTS) is 1. The lowest BCUT2D eigenvalue weighted by molar-refractivity contribution is -0.136. The largest absolute Gasteiger partial charge is 0.486 e. The maximum Gasteiger partial charge on any atom is 0.303 e. The zero-order valence-electron chi connectivity index (χ0n) is 22.5. The molecule has 0 atom stereocenters. The molecule has 0 amide bonds. The number of carboxylic acids is 1. The van der Waals surface area contributed by atoms with Crippen LogP contribution in [0, 0.1) is 22.9 Å². The molecule has 1 saturated carbocycles. The number of ether oxygens (including phenoxy) is 1. The van der Waals surface area contributed by atoms with E-state index in [4.69, 9.17) is 9.84 Å². The van der Waals surface area contributed by atoms with Crippen molar-refractivity contribution in [2.75, 3.05) is 0 Å². The third kappa shape index (κ3) is 8.93. The van der Waals surface area contributed by atoms with E-state index in [1.807, 2.05) is 6.07 Å². The Labute approximate surface area is 223 Å². The molecule has 6 heteroatoms. The third-order valence-electron chi connectivity index (χ3n) is 6.38. The van der Waals surface area contributed by atoms with E-state index in [0.717, 1.165) is 36.1 Å². The molecular formula is C32H37F3O3. The molecule has 1 aliphatic rings. The molecule has 0 bridgehead atoms. The highest BCUT2D eigenvalue weighted by molar-refractivity contribution is 5.69. The first kappa shape index (κ1) is 29.3. The van der Waals surface area contributed by atoms with Gasteiger partial charge in [-0.25, -0.2) is 13.2 Å². The van der Waals surface area contributed by atoms with E-state index >= 15 is 0 Å². The second-order valence-corrected chi connectivity index (χ2v) is 10.7. The molecule has 204 valence electrons. The van der Waals surface area contributed by atoms with E-state index in [1.54, 1.807) is 24.3 Å². The number of hydrogen-bond acceptors (Lipinski definition) is 2. The summed E-state index contributed by atoms with van der Waals surface area (Å²) >= 11 is 0. The molecule has 1 fully saturated rings. The highest BCUT2D eigenvalue weighted by Crippen LogP contribution is 2.35. The van der Waals surface area contributed by atoms with Crippen LogP contribution in [-0.2, 0) is 24.2 Å². The van der Waals surface area contributed by atoms with Gasteiger partial charge in [-0.3, -0.25) is 4.79 Å². The highest BCUT2D eigenvalue weighted by atomic mass is 19.1. The average Bonchev–Trinajstić information content (AvgIpc) is 3.74. The van der Waals surface area contributed by atoms with Crippen molar-refractivity contribution in [2.24, 2.45) is 5.41 Å². The molecule has 3 nitrogen and oxygen atoms in total. The van der Waals surface area contributed by atoms with Crippen molar-refractivity contribution in [1.82, 2.24) is 0 Å². The number of halogens is 3. The van der Waals surface area contributed by atoms with E-state index in [0.29, 0.717) is 12.0 Å². The van der Waals surface area contributed by atoms with Gasteiger partial charge in [0.2, 0.25) is 0 Å². The van der Waals surface area contributed by atoms with Gasteiger partial charge in [0, 0.05) is 12.0 Å². The van der Waals surface area contributed by atoms with E-state index < -0.39 is 23.4 Å². The maximum atomic E-state index is 14.8. The molecule has 1 N–H and O–H groups in total. The molecule has 0 aromatic heterocycles. The van der Waals surface area contributed by atoms with Crippen molar-refractivity contribution < 1.29 is 27.8 Å². The second-order valence-electron chi connectivity index (χ2n) is 10.7. The molecule has 1 aliphatic carbocycles. The Morgan fingerprint density at radius 3 is 2.34 bits per heavy atom. The van der Waals surface area contributed by atoms with Gasteiger partial charge in [0.15, 0.2) is 11.6 Å². The lowest BCUT2D eigenvalue weighted by Crippen LogP contribution is -2.15. The van der Waals surface area contributed by atoms with Crippen LogP contribution in [0.4, 0.5) is 13.2 Å². The molecule has 0 heterocycles. The Kier molecular flexibility index (Phi) is 10.4. The number of carbonyl (C=O) groups is 1. The van der Waals surface area contributed by atoms with Crippen LogP contribution < -0.4 is 4.74 Å². The van der Waals surface area contributed by atoms with Gasteiger partial charge < -0.3 is 9.84 Å².